The summed E-state index contributed by atoms with van der Waals surface area (Å²) >= 11 is 0. The van der Waals surface area contributed by atoms with Crippen LogP contribution in [-0.4, -0.2) is 28.9 Å². The predicted molar refractivity (Wildman–Crippen MR) is 89.8 cm³/mol. The average Bonchev–Trinajstić information content (AvgIpc) is 2.88. The van der Waals surface area contributed by atoms with Gasteiger partial charge in [0, 0.05) is 24.5 Å². The lowest BCUT2D eigenvalue weighted by Crippen LogP contribution is -2.42. The Hall–Kier alpha value is -2.10. The monoisotopic (exact) mass is 314 g/mol. The molecule has 1 saturated heterocycles. The van der Waals surface area contributed by atoms with Crippen LogP contribution in [-0.2, 0) is 0 Å². The van der Waals surface area contributed by atoms with E-state index in [2.05, 4.69) is 18.8 Å². The zero-order valence-electron chi connectivity index (χ0n) is 13.9. The molecule has 0 radical (unpaired) electrons. The van der Waals surface area contributed by atoms with Crippen molar-refractivity contribution in [1.82, 2.24) is 9.88 Å². The maximum atomic E-state index is 13.1. The number of carbonyl (C=O) groups excluding carboxylic acids is 1. The molecule has 1 aliphatic rings. The second-order valence-corrected chi connectivity index (χ2v) is 6.88. The third-order valence-corrected chi connectivity index (χ3v) is 4.56. The summed E-state index contributed by atoms with van der Waals surface area (Å²) in [6.07, 6.45) is 1.18. The SMILES string of the molecule is Cc1[nH]c(-c2ccc(F)cc2)cc1C(=O)N1CC(C)CC(C)C1. The quantitative estimate of drug-likeness (QED) is 0.884. The molecule has 3 nitrogen and oxygen atoms in total. The van der Waals surface area contributed by atoms with Crippen LogP contribution in [0.25, 0.3) is 11.3 Å². The van der Waals surface area contributed by atoms with Crippen molar-refractivity contribution in [2.24, 2.45) is 11.8 Å². The molecular formula is C19H23FN2O. The largest absolute Gasteiger partial charge is 0.358 e. The number of aromatic amines is 1. The van der Waals surface area contributed by atoms with Crippen molar-refractivity contribution >= 4 is 5.91 Å². The lowest BCUT2D eigenvalue weighted by Gasteiger charge is -2.35. The van der Waals surface area contributed by atoms with E-state index < -0.39 is 0 Å². The van der Waals surface area contributed by atoms with Gasteiger partial charge in [0.2, 0.25) is 0 Å². The van der Waals surface area contributed by atoms with Crippen LogP contribution < -0.4 is 0 Å². The second kappa shape index (κ2) is 6.19. The maximum Gasteiger partial charge on any atom is 0.255 e. The van der Waals surface area contributed by atoms with Crippen LogP contribution in [0.3, 0.4) is 0 Å². The Kier molecular flexibility index (Phi) is 4.24. The van der Waals surface area contributed by atoms with Gasteiger partial charge in [-0.2, -0.15) is 0 Å². The predicted octanol–water partition coefficient (Wildman–Crippen LogP) is 4.25. The van der Waals surface area contributed by atoms with Gasteiger partial charge in [-0.05, 0) is 61.1 Å². The molecular weight excluding hydrogens is 291 g/mol. The summed E-state index contributed by atoms with van der Waals surface area (Å²) in [6.45, 7) is 7.95. The number of nitrogens with one attached hydrogen (secondary N) is 1. The lowest BCUT2D eigenvalue weighted by molar-refractivity contribution is 0.0622. The van der Waals surface area contributed by atoms with E-state index in [9.17, 15) is 9.18 Å². The summed E-state index contributed by atoms with van der Waals surface area (Å²) in [4.78, 5) is 18.1. The van der Waals surface area contributed by atoms with Crippen molar-refractivity contribution < 1.29 is 9.18 Å². The molecule has 1 aliphatic heterocycles. The first-order valence-electron chi connectivity index (χ1n) is 8.19. The van der Waals surface area contributed by atoms with Gasteiger partial charge < -0.3 is 9.88 Å². The topological polar surface area (TPSA) is 36.1 Å². The molecule has 4 heteroatoms. The number of aromatic nitrogens is 1. The first-order valence-corrected chi connectivity index (χ1v) is 8.19. The number of nitrogens with zero attached hydrogens (tertiary/aromatic N) is 1. The number of carbonyl (C=O) groups is 1. The van der Waals surface area contributed by atoms with E-state index in [1.807, 2.05) is 17.9 Å². The number of hydrogen-bond acceptors (Lipinski definition) is 1. The van der Waals surface area contributed by atoms with E-state index in [1.54, 1.807) is 12.1 Å². The third-order valence-electron chi connectivity index (χ3n) is 4.56. The van der Waals surface area contributed by atoms with E-state index in [0.29, 0.717) is 17.4 Å². The fourth-order valence-electron chi connectivity index (χ4n) is 3.56. The summed E-state index contributed by atoms with van der Waals surface area (Å²) < 4.78 is 13.1. The highest BCUT2D eigenvalue weighted by Gasteiger charge is 2.27. The van der Waals surface area contributed by atoms with Crippen LogP contribution in [0.4, 0.5) is 4.39 Å². The summed E-state index contributed by atoms with van der Waals surface area (Å²) in [6, 6.07) is 8.19. The highest BCUT2D eigenvalue weighted by molar-refractivity contribution is 5.96. The Morgan fingerprint density at radius 1 is 1.17 bits per heavy atom. The minimum atomic E-state index is -0.260. The molecule has 0 saturated carbocycles. The maximum absolute atomic E-state index is 13.1. The minimum absolute atomic E-state index is 0.0884. The molecule has 1 fully saturated rings. The van der Waals surface area contributed by atoms with Gasteiger partial charge in [-0.15, -0.1) is 0 Å². The average molecular weight is 314 g/mol. The Bertz CT molecular complexity index is 695. The first-order chi connectivity index (χ1) is 10.9. The molecule has 2 heterocycles. The first kappa shape index (κ1) is 15.8. The van der Waals surface area contributed by atoms with E-state index in [-0.39, 0.29) is 11.7 Å². The molecule has 2 aromatic rings. The van der Waals surface area contributed by atoms with Crippen LogP contribution in [0.15, 0.2) is 30.3 Å². The molecule has 1 aromatic heterocycles. The molecule has 122 valence electrons. The molecule has 0 spiro atoms. The smallest absolute Gasteiger partial charge is 0.255 e. The summed E-state index contributed by atoms with van der Waals surface area (Å²) in [5.41, 5.74) is 3.31. The fourth-order valence-corrected chi connectivity index (χ4v) is 3.56. The van der Waals surface area contributed by atoms with Crippen molar-refractivity contribution in [3.63, 3.8) is 0 Å². The number of benzene rings is 1. The number of piperidine rings is 1. The normalized spacial score (nSPS) is 21.5. The number of amides is 1. The fraction of sp³-hybridized carbons (Fsp3) is 0.421. The molecule has 3 rings (SSSR count). The standard InChI is InChI=1S/C19H23FN2O/c1-12-8-13(2)11-22(10-12)19(23)17-9-18(21-14(17)3)15-4-6-16(20)7-5-15/h4-7,9,12-13,21H,8,10-11H2,1-3H3. The van der Waals surface area contributed by atoms with Gasteiger partial charge >= 0.3 is 0 Å². The van der Waals surface area contributed by atoms with Crippen LogP contribution in [0.5, 0.6) is 0 Å². The Balaban J connectivity index is 1.85. The van der Waals surface area contributed by atoms with Gasteiger partial charge in [0.15, 0.2) is 0 Å². The van der Waals surface area contributed by atoms with Crippen molar-refractivity contribution in [1.29, 1.82) is 0 Å². The number of hydrogen-bond donors (Lipinski definition) is 1. The van der Waals surface area contributed by atoms with Crippen LogP contribution in [0.2, 0.25) is 0 Å². The molecule has 1 amide bonds. The van der Waals surface area contributed by atoms with Crippen molar-refractivity contribution in [3.05, 3.63) is 47.4 Å². The van der Waals surface area contributed by atoms with Crippen molar-refractivity contribution in [2.75, 3.05) is 13.1 Å². The van der Waals surface area contributed by atoms with E-state index in [0.717, 1.165) is 30.0 Å². The van der Waals surface area contributed by atoms with Gasteiger partial charge in [-0.1, -0.05) is 13.8 Å². The molecule has 0 aliphatic carbocycles. The highest BCUT2D eigenvalue weighted by atomic mass is 19.1. The van der Waals surface area contributed by atoms with Crippen LogP contribution in [0, 0.1) is 24.6 Å². The Labute approximate surface area is 136 Å². The summed E-state index contributed by atoms with van der Waals surface area (Å²) in [5, 5.41) is 0. The second-order valence-electron chi connectivity index (χ2n) is 6.88. The molecule has 2 unspecified atom stereocenters. The van der Waals surface area contributed by atoms with E-state index in [1.165, 1.54) is 18.6 Å². The zero-order valence-corrected chi connectivity index (χ0v) is 13.9. The molecule has 0 bridgehead atoms. The number of aryl methyl sites for hydroxylation is 1. The number of likely N-dealkylation sites (tertiary alicyclic amines) is 1. The van der Waals surface area contributed by atoms with Crippen molar-refractivity contribution in [2.45, 2.75) is 27.2 Å². The van der Waals surface area contributed by atoms with Gasteiger partial charge in [0.05, 0.1) is 5.56 Å². The molecule has 1 N–H and O–H groups in total. The lowest BCUT2D eigenvalue weighted by atomic mass is 9.91. The van der Waals surface area contributed by atoms with Crippen molar-refractivity contribution in [3.8, 4) is 11.3 Å². The van der Waals surface area contributed by atoms with Gasteiger partial charge in [-0.3, -0.25) is 4.79 Å². The highest BCUT2D eigenvalue weighted by Crippen LogP contribution is 2.26. The van der Waals surface area contributed by atoms with Gasteiger partial charge in [0.25, 0.3) is 5.91 Å². The Morgan fingerprint density at radius 3 is 2.39 bits per heavy atom. The molecule has 23 heavy (non-hydrogen) atoms. The third kappa shape index (κ3) is 3.31. The number of halogens is 1. The van der Waals surface area contributed by atoms with Crippen LogP contribution in [0.1, 0.15) is 36.3 Å². The summed E-state index contributed by atoms with van der Waals surface area (Å²) in [7, 11) is 0. The summed E-state index contributed by atoms with van der Waals surface area (Å²) in [5.74, 6) is 0.909. The van der Waals surface area contributed by atoms with Crippen LogP contribution >= 0.6 is 0 Å². The van der Waals surface area contributed by atoms with Gasteiger partial charge in [0.1, 0.15) is 5.82 Å². The van der Waals surface area contributed by atoms with E-state index in [4.69, 9.17) is 0 Å². The number of H-pyrrole nitrogens is 1. The van der Waals surface area contributed by atoms with Gasteiger partial charge in [-0.25, -0.2) is 4.39 Å². The minimum Gasteiger partial charge on any atom is -0.358 e. The zero-order chi connectivity index (χ0) is 16.6. The molecule has 1 aromatic carbocycles. The van der Waals surface area contributed by atoms with E-state index >= 15 is 0 Å². The number of rotatable bonds is 2. The molecule has 2 atom stereocenters. The Morgan fingerprint density at radius 2 is 1.78 bits per heavy atom.